The summed E-state index contributed by atoms with van der Waals surface area (Å²) in [7, 11) is 3.40. The Morgan fingerprint density at radius 3 is 1.50 bits per heavy atom. The molecule has 7 heteroatoms. The molecule has 0 aliphatic rings. The van der Waals surface area contributed by atoms with Gasteiger partial charge in [0.1, 0.15) is 11.4 Å². The Kier molecular flexibility index (Phi) is 17.1. The van der Waals surface area contributed by atoms with Crippen LogP contribution >= 0.6 is 0 Å². The van der Waals surface area contributed by atoms with Crippen LogP contribution in [0.4, 0.5) is 0 Å². The molecule has 0 saturated carbocycles. The molecular weight excluding hydrogens is 434 g/mol. The van der Waals surface area contributed by atoms with Crippen molar-refractivity contribution in [2.45, 2.75) is 78.1 Å². The van der Waals surface area contributed by atoms with Crippen molar-refractivity contribution in [1.29, 1.82) is 0 Å². The lowest BCUT2D eigenvalue weighted by molar-refractivity contribution is 0.0457. The maximum absolute atomic E-state index is 12.5. The van der Waals surface area contributed by atoms with E-state index in [9.17, 15) is 9.59 Å². The predicted molar refractivity (Wildman–Crippen MR) is 133 cm³/mol. The average Bonchev–Trinajstić information content (AvgIpc) is 2.86. The van der Waals surface area contributed by atoms with Crippen LogP contribution in [0.2, 0.25) is 0 Å². The van der Waals surface area contributed by atoms with E-state index in [0.29, 0.717) is 38.3 Å². The average molecular weight is 480 g/mol. The minimum Gasteiger partial charge on any atom is -0.461 e. The lowest BCUT2D eigenvalue weighted by atomic mass is 9.96. The fraction of sp³-hybridized carbons (Fsp3) is 0.741. The van der Waals surface area contributed by atoms with Gasteiger partial charge in [-0.15, -0.1) is 0 Å². The number of hydrogen-bond acceptors (Lipinski definition) is 7. The van der Waals surface area contributed by atoms with Crippen LogP contribution in [0.25, 0.3) is 0 Å². The van der Waals surface area contributed by atoms with Crippen molar-refractivity contribution in [3.8, 4) is 0 Å². The number of esters is 2. The van der Waals surface area contributed by atoms with Gasteiger partial charge in [-0.05, 0) is 49.7 Å². The van der Waals surface area contributed by atoms with Gasteiger partial charge in [-0.25, -0.2) is 14.6 Å². The first-order valence-electron chi connectivity index (χ1n) is 12.8. The molecule has 0 fully saturated rings. The number of unbranched alkanes of at least 4 members (excludes halogenated alkanes) is 2. The highest BCUT2D eigenvalue weighted by Gasteiger charge is 2.17. The molecule has 2 unspecified atom stereocenters. The molecule has 0 radical (unpaired) electrons. The highest BCUT2D eigenvalue weighted by Crippen LogP contribution is 2.19. The summed E-state index contributed by atoms with van der Waals surface area (Å²) >= 11 is 0. The van der Waals surface area contributed by atoms with Gasteiger partial charge in [0.25, 0.3) is 0 Å². The largest absolute Gasteiger partial charge is 0.461 e. The molecule has 0 aromatic carbocycles. The SMILES string of the molecule is CCCCC(CCOC)CCOC(=O)c1cccc(C(=O)OCCC(CCCC)CCOC)n1. The zero-order valence-electron chi connectivity index (χ0n) is 21.7. The molecule has 0 saturated heterocycles. The van der Waals surface area contributed by atoms with Crippen molar-refractivity contribution in [3.63, 3.8) is 0 Å². The maximum Gasteiger partial charge on any atom is 0.356 e. The van der Waals surface area contributed by atoms with Gasteiger partial charge in [-0.3, -0.25) is 0 Å². The van der Waals surface area contributed by atoms with Crippen molar-refractivity contribution < 1.29 is 28.5 Å². The molecule has 0 N–H and O–H groups in total. The third kappa shape index (κ3) is 13.0. The zero-order valence-corrected chi connectivity index (χ0v) is 21.7. The quantitative estimate of drug-likeness (QED) is 0.217. The number of pyridine rings is 1. The standard InChI is InChI=1S/C27H45NO6/c1-5-7-10-22(14-18-31-3)16-20-33-26(29)24-12-9-13-25(28-24)27(30)34-21-17-23(11-8-6-2)15-19-32-4/h9,12-13,22-23H,5-8,10-11,14-21H2,1-4H3. The molecule has 0 spiro atoms. The summed E-state index contributed by atoms with van der Waals surface area (Å²) in [5, 5.41) is 0. The van der Waals surface area contributed by atoms with Gasteiger partial charge in [0, 0.05) is 27.4 Å². The monoisotopic (exact) mass is 479 g/mol. The predicted octanol–water partition coefficient (Wildman–Crippen LogP) is 5.86. The van der Waals surface area contributed by atoms with Crippen molar-refractivity contribution in [3.05, 3.63) is 29.6 Å². The molecule has 0 bridgehead atoms. The van der Waals surface area contributed by atoms with E-state index in [4.69, 9.17) is 18.9 Å². The van der Waals surface area contributed by atoms with E-state index in [1.165, 1.54) is 0 Å². The number of aromatic nitrogens is 1. The summed E-state index contributed by atoms with van der Waals surface area (Å²) in [5.41, 5.74) is 0.245. The first kappa shape index (κ1) is 30.0. The number of carbonyl (C=O) groups excluding carboxylic acids is 2. The lowest BCUT2D eigenvalue weighted by Crippen LogP contribution is -2.16. The number of methoxy groups -OCH3 is 2. The molecule has 1 aromatic rings. The lowest BCUT2D eigenvalue weighted by Gasteiger charge is -2.16. The van der Waals surface area contributed by atoms with Crippen LogP contribution < -0.4 is 0 Å². The molecule has 1 rings (SSSR count). The number of nitrogens with zero attached hydrogens (tertiary/aromatic N) is 1. The van der Waals surface area contributed by atoms with E-state index >= 15 is 0 Å². The molecule has 0 aliphatic carbocycles. The topological polar surface area (TPSA) is 84.0 Å². The van der Waals surface area contributed by atoms with Crippen molar-refractivity contribution in [2.24, 2.45) is 11.8 Å². The van der Waals surface area contributed by atoms with Crippen molar-refractivity contribution >= 4 is 11.9 Å². The Bertz CT molecular complexity index is 612. The molecule has 2 atom stereocenters. The Morgan fingerprint density at radius 1 is 0.706 bits per heavy atom. The summed E-state index contributed by atoms with van der Waals surface area (Å²) in [4.78, 5) is 29.1. The summed E-state index contributed by atoms with van der Waals surface area (Å²) in [6.07, 6.45) is 10.3. The Morgan fingerprint density at radius 2 is 1.12 bits per heavy atom. The van der Waals surface area contributed by atoms with Crippen LogP contribution in [0.15, 0.2) is 18.2 Å². The van der Waals surface area contributed by atoms with Crippen LogP contribution in [0.3, 0.4) is 0 Å². The van der Waals surface area contributed by atoms with Crippen molar-refractivity contribution in [1.82, 2.24) is 4.98 Å². The van der Waals surface area contributed by atoms with E-state index in [-0.39, 0.29) is 11.4 Å². The van der Waals surface area contributed by atoms with Crippen LogP contribution in [0.1, 0.15) is 99.0 Å². The van der Waals surface area contributed by atoms with Crippen LogP contribution in [0.5, 0.6) is 0 Å². The second kappa shape index (κ2) is 19.3. The second-order valence-electron chi connectivity index (χ2n) is 8.84. The number of rotatable bonds is 20. The van der Waals surface area contributed by atoms with Crippen LogP contribution in [0, 0.1) is 11.8 Å². The highest BCUT2D eigenvalue weighted by molar-refractivity contribution is 5.91. The first-order valence-corrected chi connectivity index (χ1v) is 12.8. The van der Waals surface area contributed by atoms with Gasteiger partial charge in [-0.2, -0.15) is 0 Å². The molecule has 34 heavy (non-hydrogen) atoms. The van der Waals surface area contributed by atoms with Crippen molar-refractivity contribution in [2.75, 3.05) is 40.6 Å². The maximum atomic E-state index is 12.5. The highest BCUT2D eigenvalue weighted by atomic mass is 16.5. The van der Waals surface area contributed by atoms with Crippen LogP contribution in [-0.2, 0) is 18.9 Å². The second-order valence-corrected chi connectivity index (χ2v) is 8.84. The Balaban J connectivity index is 2.52. The molecule has 1 aromatic heterocycles. The molecule has 0 amide bonds. The minimum atomic E-state index is -0.519. The molecule has 194 valence electrons. The molecular formula is C27H45NO6. The fourth-order valence-corrected chi connectivity index (χ4v) is 3.87. The van der Waals surface area contributed by atoms with Gasteiger partial charge < -0.3 is 18.9 Å². The van der Waals surface area contributed by atoms with Gasteiger partial charge in [0.2, 0.25) is 0 Å². The smallest absolute Gasteiger partial charge is 0.356 e. The normalized spacial score (nSPS) is 12.8. The van der Waals surface area contributed by atoms with Gasteiger partial charge >= 0.3 is 11.9 Å². The number of hydrogen-bond donors (Lipinski definition) is 0. The Labute approximate surface area is 205 Å². The zero-order chi connectivity index (χ0) is 25.0. The van der Waals surface area contributed by atoms with E-state index < -0.39 is 11.9 Å². The number of carbonyl (C=O) groups is 2. The minimum absolute atomic E-state index is 0.123. The third-order valence-electron chi connectivity index (χ3n) is 6.08. The van der Waals surface area contributed by atoms with Gasteiger partial charge in [-0.1, -0.05) is 58.4 Å². The summed E-state index contributed by atoms with van der Waals surface area (Å²) in [6.45, 7) is 6.41. The number of ether oxygens (including phenoxy) is 4. The molecule has 0 aliphatic heterocycles. The van der Waals surface area contributed by atoms with E-state index in [2.05, 4.69) is 18.8 Å². The third-order valence-corrected chi connectivity index (χ3v) is 6.08. The molecule has 1 heterocycles. The summed E-state index contributed by atoms with van der Waals surface area (Å²) < 4.78 is 21.3. The van der Waals surface area contributed by atoms with Gasteiger partial charge in [0.15, 0.2) is 0 Å². The summed E-state index contributed by atoms with van der Waals surface area (Å²) in [5.74, 6) is -0.108. The van der Waals surface area contributed by atoms with E-state index in [0.717, 1.165) is 64.2 Å². The Hall–Kier alpha value is -1.99. The molecule has 7 nitrogen and oxygen atoms in total. The van der Waals surface area contributed by atoms with E-state index in [1.807, 2.05) is 0 Å². The van der Waals surface area contributed by atoms with Crippen LogP contribution in [-0.4, -0.2) is 57.6 Å². The fourth-order valence-electron chi connectivity index (χ4n) is 3.87. The summed E-state index contributed by atoms with van der Waals surface area (Å²) in [6, 6.07) is 4.75. The van der Waals surface area contributed by atoms with E-state index in [1.54, 1.807) is 32.4 Å². The van der Waals surface area contributed by atoms with Gasteiger partial charge in [0.05, 0.1) is 13.2 Å². The first-order chi connectivity index (χ1) is 16.5.